The topological polar surface area (TPSA) is 34.1 Å². The zero-order valence-electron chi connectivity index (χ0n) is 9.09. The predicted octanol–water partition coefficient (Wildman–Crippen LogP) is 1.96. The van der Waals surface area contributed by atoms with Crippen molar-refractivity contribution in [2.75, 3.05) is 13.7 Å². The van der Waals surface area contributed by atoms with Gasteiger partial charge in [0.15, 0.2) is 0 Å². The van der Waals surface area contributed by atoms with Gasteiger partial charge in [0.1, 0.15) is 5.01 Å². The molecule has 4 heteroatoms. The number of aryl methyl sites for hydroxylation is 1. The van der Waals surface area contributed by atoms with Crippen LogP contribution in [0.25, 0.3) is 0 Å². The smallest absolute Gasteiger partial charge is 0.119 e. The minimum atomic E-state index is 0.651. The van der Waals surface area contributed by atoms with Crippen molar-refractivity contribution < 1.29 is 4.74 Å². The van der Waals surface area contributed by atoms with Gasteiger partial charge in [-0.15, -0.1) is 11.3 Å². The Morgan fingerprint density at radius 3 is 2.79 bits per heavy atom. The van der Waals surface area contributed by atoms with Crippen LogP contribution in [-0.2, 0) is 24.3 Å². The highest BCUT2D eigenvalue weighted by atomic mass is 32.1. The van der Waals surface area contributed by atoms with Gasteiger partial charge in [-0.1, -0.05) is 6.92 Å². The van der Waals surface area contributed by atoms with Gasteiger partial charge in [-0.05, 0) is 20.4 Å². The molecule has 0 fully saturated rings. The maximum absolute atomic E-state index is 5.34. The van der Waals surface area contributed by atoms with E-state index in [0.717, 1.165) is 24.6 Å². The van der Waals surface area contributed by atoms with E-state index in [-0.39, 0.29) is 0 Å². The Morgan fingerprint density at radius 1 is 1.43 bits per heavy atom. The number of rotatable bonds is 6. The first-order valence-electron chi connectivity index (χ1n) is 5.01. The van der Waals surface area contributed by atoms with E-state index >= 15 is 0 Å². The van der Waals surface area contributed by atoms with Gasteiger partial charge >= 0.3 is 0 Å². The molecule has 0 amide bonds. The quantitative estimate of drug-likeness (QED) is 0.786. The van der Waals surface area contributed by atoms with Crippen LogP contribution in [0.5, 0.6) is 0 Å². The first kappa shape index (κ1) is 11.6. The molecule has 0 radical (unpaired) electrons. The second-order valence-corrected chi connectivity index (χ2v) is 4.17. The largest absolute Gasteiger partial charge is 0.375 e. The van der Waals surface area contributed by atoms with Gasteiger partial charge in [-0.2, -0.15) is 0 Å². The van der Waals surface area contributed by atoms with Crippen LogP contribution in [0.2, 0.25) is 0 Å². The molecule has 0 unspecified atom stereocenters. The molecule has 0 saturated carbocycles. The minimum absolute atomic E-state index is 0.651. The third kappa shape index (κ3) is 3.04. The molecule has 1 aromatic heterocycles. The molecule has 1 heterocycles. The lowest BCUT2D eigenvalue weighted by Crippen LogP contribution is -2.05. The number of aromatic nitrogens is 1. The van der Waals surface area contributed by atoms with Crippen molar-refractivity contribution >= 4 is 11.3 Å². The molecule has 1 aromatic rings. The summed E-state index contributed by atoms with van der Waals surface area (Å²) in [7, 11) is 1.96. The lowest BCUT2D eigenvalue weighted by atomic mass is 10.3. The van der Waals surface area contributed by atoms with Crippen molar-refractivity contribution in [2.45, 2.75) is 33.4 Å². The van der Waals surface area contributed by atoms with Crippen molar-refractivity contribution in [3.8, 4) is 0 Å². The molecule has 1 rings (SSSR count). The van der Waals surface area contributed by atoms with Crippen LogP contribution >= 0.6 is 11.3 Å². The number of ether oxygens (including phenoxy) is 1. The van der Waals surface area contributed by atoms with Crippen LogP contribution < -0.4 is 5.32 Å². The summed E-state index contributed by atoms with van der Waals surface area (Å²) in [5, 5.41) is 4.25. The van der Waals surface area contributed by atoms with E-state index in [1.165, 1.54) is 10.6 Å². The normalized spacial score (nSPS) is 10.8. The van der Waals surface area contributed by atoms with Gasteiger partial charge in [0, 0.05) is 18.0 Å². The summed E-state index contributed by atoms with van der Waals surface area (Å²) in [5.74, 6) is 0. The van der Waals surface area contributed by atoms with E-state index in [4.69, 9.17) is 4.74 Å². The standard InChI is InChI=1S/C10H18N2OS/c1-4-8-9(6-11-3)14-10(12-8)7-13-5-2/h11H,4-7H2,1-3H3. The summed E-state index contributed by atoms with van der Waals surface area (Å²) in [5.41, 5.74) is 1.21. The lowest BCUT2D eigenvalue weighted by Gasteiger charge is -1.96. The van der Waals surface area contributed by atoms with Gasteiger partial charge in [-0.3, -0.25) is 0 Å². The molecular formula is C10H18N2OS. The maximum atomic E-state index is 5.34. The van der Waals surface area contributed by atoms with Gasteiger partial charge in [0.2, 0.25) is 0 Å². The molecular weight excluding hydrogens is 196 g/mol. The van der Waals surface area contributed by atoms with Crippen molar-refractivity contribution in [1.29, 1.82) is 0 Å². The molecule has 0 saturated heterocycles. The molecule has 0 aliphatic carbocycles. The molecule has 14 heavy (non-hydrogen) atoms. The van der Waals surface area contributed by atoms with Crippen molar-refractivity contribution in [1.82, 2.24) is 10.3 Å². The van der Waals surface area contributed by atoms with Crippen LogP contribution in [0.1, 0.15) is 29.4 Å². The number of hydrogen-bond acceptors (Lipinski definition) is 4. The molecule has 1 N–H and O–H groups in total. The number of hydrogen-bond donors (Lipinski definition) is 1. The fourth-order valence-electron chi connectivity index (χ4n) is 1.26. The second kappa shape index (κ2) is 6.11. The lowest BCUT2D eigenvalue weighted by molar-refractivity contribution is 0.134. The predicted molar refractivity (Wildman–Crippen MR) is 59.6 cm³/mol. The zero-order valence-corrected chi connectivity index (χ0v) is 9.91. The number of nitrogens with one attached hydrogen (secondary N) is 1. The first-order chi connectivity index (χ1) is 6.81. The molecule has 0 bridgehead atoms. The third-order valence-corrected chi connectivity index (χ3v) is 3.00. The third-order valence-electron chi connectivity index (χ3n) is 1.92. The highest BCUT2D eigenvalue weighted by molar-refractivity contribution is 7.11. The Labute approximate surface area is 89.5 Å². The summed E-state index contributed by atoms with van der Waals surface area (Å²) in [6, 6.07) is 0. The van der Waals surface area contributed by atoms with Crippen molar-refractivity contribution in [2.24, 2.45) is 0 Å². The molecule has 80 valence electrons. The number of thiazole rings is 1. The summed E-state index contributed by atoms with van der Waals surface area (Å²) in [6.07, 6.45) is 1.000. The highest BCUT2D eigenvalue weighted by Gasteiger charge is 2.08. The molecule has 3 nitrogen and oxygen atoms in total. The minimum Gasteiger partial charge on any atom is -0.375 e. The highest BCUT2D eigenvalue weighted by Crippen LogP contribution is 2.19. The Bertz CT molecular complexity index is 273. The Balaban J connectivity index is 2.67. The fraction of sp³-hybridized carbons (Fsp3) is 0.700. The van der Waals surface area contributed by atoms with Crippen LogP contribution in [0, 0.1) is 0 Å². The van der Waals surface area contributed by atoms with E-state index in [0.29, 0.717) is 6.61 Å². The number of nitrogens with zero attached hydrogens (tertiary/aromatic N) is 1. The van der Waals surface area contributed by atoms with Crippen LogP contribution in [0.15, 0.2) is 0 Å². The fourth-order valence-corrected chi connectivity index (χ4v) is 2.37. The molecule has 0 aliphatic heterocycles. The average Bonchev–Trinajstić information content (AvgIpc) is 2.58. The van der Waals surface area contributed by atoms with Gasteiger partial charge in [-0.25, -0.2) is 4.98 Å². The van der Waals surface area contributed by atoms with Crippen LogP contribution in [-0.4, -0.2) is 18.6 Å². The van der Waals surface area contributed by atoms with E-state index < -0.39 is 0 Å². The SMILES string of the molecule is CCOCc1nc(CC)c(CNC)s1. The van der Waals surface area contributed by atoms with E-state index in [1.807, 2.05) is 14.0 Å². The van der Waals surface area contributed by atoms with Crippen molar-refractivity contribution in [3.05, 3.63) is 15.6 Å². The Kier molecular flexibility index (Phi) is 5.07. The zero-order chi connectivity index (χ0) is 10.4. The molecule has 0 spiro atoms. The van der Waals surface area contributed by atoms with Gasteiger partial charge in [0.25, 0.3) is 0 Å². The Morgan fingerprint density at radius 2 is 2.21 bits per heavy atom. The van der Waals surface area contributed by atoms with E-state index in [2.05, 4.69) is 17.2 Å². The molecule has 0 aromatic carbocycles. The van der Waals surface area contributed by atoms with Gasteiger partial charge < -0.3 is 10.1 Å². The van der Waals surface area contributed by atoms with E-state index in [9.17, 15) is 0 Å². The van der Waals surface area contributed by atoms with E-state index in [1.54, 1.807) is 11.3 Å². The summed E-state index contributed by atoms with van der Waals surface area (Å²) in [6.45, 7) is 6.45. The monoisotopic (exact) mass is 214 g/mol. The first-order valence-corrected chi connectivity index (χ1v) is 5.83. The second-order valence-electron chi connectivity index (χ2n) is 3.00. The Hall–Kier alpha value is -0.450. The van der Waals surface area contributed by atoms with Crippen molar-refractivity contribution in [3.63, 3.8) is 0 Å². The molecule has 0 aliphatic rings. The maximum Gasteiger partial charge on any atom is 0.119 e. The van der Waals surface area contributed by atoms with Crippen LogP contribution in [0.4, 0.5) is 0 Å². The summed E-state index contributed by atoms with van der Waals surface area (Å²) < 4.78 is 5.34. The molecule has 0 atom stereocenters. The summed E-state index contributed by atoms with van der Waals surface area (Å²) >= 11 is 1.75. The van der Waals surface area contributed by atoms with Crippen LogP contribution in [0.3, 0.4) is 0 Å². The average molecular weight is 214 g/mol. The van der Waals surface area contributed by atoms with Gasteiger partial charge in [0.05, 0.1) is 12.3 Å². The summed E-state index contributed by atoms with van der Waals surface area (Å²) in [4.78, 5) is 5.88.